The van der Waals surface area contributed by atoms with Crippen molar-refractivity contribution < 1.29 is 28.6 Å². The molecule has 0 saturated heterocycles. The summed E-state index contributed by atoms with van der Waals surface area (Å²) in [6.07, 6.45) is 63.3. The molecule has 0 N–H and O–H groups in total. The van der Waals surface area contributed by atoms with E-state index in [1.807, 2.05) is 0 Å². The number of unbranched alkanes of at least 4 members (excludes halogenated alkanes) is 23. The molecule has 0 aliphatic rings. The predicted octanol–water partition coefficient (Wildman–Crippen LogP) is 17.0. The van der Waals surface area contributed by atoms with Crippen molar-refractivity contribution in [3.63, 3.8) is 0 Å². The number of carbonyl (C=O) groups excluding carboxylic acids is 3. The van der Waals surface area contributed by atoms with Gasteiger partial charge in [0.25, 0.3) is 0 Å². The van der Waals surface area contributed by atoms with Crippen molar-refractivity contribution in [2.24, 2.45) is 0 Å². The summed E-state index contributed by atoms with van der Waals surface area (Å²) >= 11 is 0. The second-order valence-corrected chi connectivity index (χ2v) is 17.1. The van der Waals surface area contributed by atoms with E-state index in [1.54, 1.807) is 0 Å². The van der Waals surface area contributed by atoms with Crippen LogP contribution in [0.15, 0.2) is 72.9 Å². The van der Waals surface area contributed by atoms with Crippen molar-refractivity contribution in [3.8, 4) is 0 Å². The summed E-state index contributed by atoms with van der Waals surface area (Å²) in [6, 6.07) is 0. The molecule has 0 fully saturated rings. The van der Waals surface area contributed by atoms with Crippen LogP contribution in [0.3, 0.4) is 0 Å². The molecule has 6 nitrogen and oxygen atoms in total. The Morgan fingerprint density at radius 1 is 0.339 bits per heavy atom. The highest BCUT2D eigenvalue weighted by atomic mass is 16.6. The van der Waals surface area contributed by atoms with Crippen molar-refractivity contribution in [2.45, 2.75) is 252 Å². The van der Waals surface area contributed by atoms with Crippen LogP contribution >= 0.6 is 0 Å². The van der Waals surface area contributed by atoms with E-state index in [1.165, 1.54) is 96.3 Å². The van der Waals surface area contributed by atoms with Gasteiger partial charge in [-0.1, -0.05) is 209 Å². The molecule has 0 amide bonds. The zero-order valence-corrected chi connectivity index (χ0v) is 40.6. The number of esters is 3. The van der Waals surface area contributed by atoms with Crippen LogP contribution in [-0.2, 0) is 28.6 Å². The maximum Gasteiger partial charge on any atom is 0.306 e. The topological polar surface area (TPSA) is 78.9 Å². The fourth-order valence-corrected chi connectivity index (χ4v) is 7.05. The van der Waals surface area contributed by atoms with Crippen molar-refractivity contribution >= 4 is 17.9 Å². The Morgan fingerprint density at radius 3 is 1.00 bits per heavy atom. The van der Waals surface area contributed by atoms with E-state index in [-0.39, 0.29) is 31.1 Å². The van der Waals surface area contributed by atoms with E-state index >= 15 is 0 Å². The molecular weight excluding hydrogens is 769 g/mol. The van der Waals surface area contributed by atoms with Crippen LogP contribution in [0.2, 0.25) is 0 Å². The van der Waals surface area contributed by atoms with E-state index in [0.717, 1.165) is 109 Å². The van der Waals surface area contributed by atoms with Crippen LogP contribution in [-0.4, -0.2) is 37.2 Å². The van der Waals surface area contributed by atoms with Gasteiger partial charge in [0.1, 0.15) is 13.2 Å². The first kappa shape index (κ1) is 58.9. The summed E-state index contributed by atoms with van der Waals surface area (Å²) in [7, 11) is 0. The first-order chi connectivity index (χ1) is 30.5. The van der Waals surface area contributed by atoms with E-state index in [9.17, 15) is 14.4 Å². The lowest BCUT2D eigenvalue weighted by Gasteiger charge is -2.18. The average Bonchev–Trinajstić information content (AvgIpc) is 3.27. The minimum absolute atomic E-state index is 0.0817. The van der Waals surface area contributed by atoms with Gasteiger partial charge in [-0.05, 0) is 89.9 Å². The third-order valence-electron chi connectivity index (χ3n) is 10.9. The van der Waals surface area contributed by atoms with Crippen LogP contribution in [0, 0.1) is 0 Å². The molecule has 0 saturated carbocycles. The van der Waals surface area contributed by atoms with E-state index < -0.39 is 6.10 Å². The molecule has 0 radical (unpaired) electrons. The highest BCUT2D eigenvalue weighted by Gasteiger charge is 2.19. The Hall–Kier alpha value is -3.15. The first-order valence-electron chi connectivity index (χ1n) is 25.9. The van der Waals surface area contributed by atoms with E-state index in [4.69, 9.17) is 14.2 Å². The lowest BCUT2D eigenvalue weighted by Crippen LogP contribution is -2.30. The smallest absolute Gasteiger partial charge is 0.306 e. The lowest BCUT2D eigenvalue weighted by molar-refractivity contribution is -0.167. The molecule has 0 aliphatic carbocycles. The Kier molecular flexibility index (Phi) is 47.9. The summed E-state index contributed by atoms with van der Waals surface area (Å²) in [4.78, 5) is 37.8. The third kappa shape index (κ3) is 47.9. The maximum atomic E-state index is 12.7. The molecule has 1 unspecified atom stereocenters. The molecule has 0 aromatic heterocycles. The Morgan fingerprint density at radius 2 is 0.629 bits per heavy atom. The molecule has 6 heteroatoms. The Balaban J connectivity index is 4.25. The zero-order valence-electron chi connectivity index (χ0n) is 40.6. The highest BCUT2D eigenvalue weighted by molar-refractivity contribution is 5.71. The van der Waals surface area contributed by atoms with Gasteiger partial charge in [-0.2, -0.15) is 0 Å². The van der Waals surface area contributed by atoms with Gasteiger partial charge in [0, 0.05) is 19.3 Å². The fraction of sp³-hybridized carbons (Fsp3) is 0.732. The molecule has 62 heavy (non-hydrogen) atoms. The molecule has 0 aromatic carbocycles. The Labute approximate surface area is 382 Å². The van der Waals surface area contributed by atoms with Crippen LogP contribution in [0.4, 0.5) is 0 Å². The van der Waals surface area contributed by atoms with Gasteiger partial charge in [-0.25, -0.2) is 0 Å². The monoisotopic (exact) mass is 865 g/mol. The van der Waals surface area contributed by atoms with Crippen LogP contribution in [0.25, 0.3) is 0 Å². The standard InChI is InChI=1S/C56H96O6/c1-4-7-10-13-16-18-20-22-24-25-26-27-28-29-30-31-32-34-35-37-40-43-46-49-55(58)61-52-53(51-60-54(57)48-45-42-39-15-12-9-6-3)62-56(59)50-47-44-41-38-36-33-23-21-19-17-14-11-8-5-2/h7,10,16,18,21-24,26-27,29-30,53H,4-6,8-9,11-15,17,19-20,25,28,31-52H2,1-3H3/b10-7-,18-16-,23-21-,24-22-,27-26-,30-29-. The molecule has 0 aromatic rings. The molecule has 356 valence electrons. The normalized spacial score (nSPS) is 12.6. The molecule has 0 heterocycles. The maximum absolute atomic E-state index is 12.7. The first-order valence-corrected chi connectivity index (χ1v) is 25.9. The third-order valence-corrected chi connectivity index (χ3v) is 10.9. The number of rotatable bonds is 46. The van der Waals surface area contributed by atoms with E-state index in [2.05, 4.69) is 93.7 Å². The number of ether oxygens (including phenoxy) is 3. The largest absolute Gasteiger partial charge is 0.462 e. The number of allylic oxidation sites excluding steroid dienone is 12. The fourth-order valence-electron chi connectivity index (χ4n) is 7.05. The number of hydrogen-bond acceptors (Lipinski definition) is 6. The average molecular weight is 865 g/mol. The summed E-state index contributed by atoms with van der Waals surface area (Å²) in [6.45, 7) is 6.45. The predicted molar refractivity (Wildman–Crippen MR) is 265 cm³/mol. The molecule has 1 atom stereocenters. The van der Waals surface area contributed by atoms with Gasteiger partial charge in [0.05, 0.1) is 0 Å². The summed E-state index contributed by atoms with van der Waals surface area (Å²) in [5.74, 6) is -0.907. The highest BCUT2D eigenvalue weighted by Crippen LogP contribution is 2.14. The molecule has 0 rings (SSSR count). The minimum Gasteiger partial charge on any atom is -0.462 e. The van der Waals surface area contributed by atoms with Gasteiger partial charge in [0.15, 0.2) is 6.10 Å². The van der Waals surface area contributed by atoms with Gasteiger partial charge >= 0.3 is 17.9 Å². The van der Waals surface area contributed by atoms with Crippen LogP contribution < -0.4 is 0 Å². The summed E-state index contributed by atoms with van der Waals surface area (Å²) in [5.41, 5.74) is 0. The molecule has 0 spiro atoms. The molecule has 0 bridgehead atoms. The minimum atomic E-state index is -0.780. The second-order valence-electron chi connectivity index (χ2n) is 17.1. The Bertz CT molecular complexity index is 1180. The van der Waals surface area contributed by atoms with E-state index in [0.29, 0.717) is 19.3 Å². The second kappa shape index (κ2) is 50.5. The van der Waals surface area contributed by atoms with Crippen molar-refractivity contribution in [2.75, 3.05) is 13.2 Å². The van der Waals surface area contributed by atoms with Gasteiger partial charge < -0.3 is 14.2 Å². The van der Waals surface area contributed by atoms with Gasteiger partial charge in [-0.3, -0.25) is 14.4 Å². The SMILES string of the molecule is CC/C=C\C/C=C\C/C=C\C/C=C\C/C=C\CCCCCCCCCC(=O)OCC(COC(=O)CCCCCCCCC)OC(=O)CCCCCCC/C=C\CCCCCCC. The summed E-state index contributed by atoms with van der Waals surface area (Å²) in [5, 5.41) is 0. The molecular formula is C56H96O6. The molecule has 0 aliphatic heterocycles. The number of hydrogen-bond donors (Lipinski definition) is 0. The quantitative estimate of drug-likeness (QED) is 0.0262. The van der Waals surface area contributed by atoms with Gasteiger partial charge in [-0.15, -0.1) is 0 Å². The van der Waals surface area contributed by atoms with Crippen LogP contribution in [0.1, 0.15) is 245 Å². The number of carbonyl (C=O) groups is 3. The zero-order chi connectivity index (χ0) is 45.1. The lowest BCUT2D eigenvalue weighted by atomic mass is 10.1. The van der Waals surface area contributed by atoms with Crippen molar-refractivity contribution in [1.82, 2.24) is 0 Å². The van der Waals surface area contributed by atoms with Crippen molar-refractivity contribution in [1.29, 1.82) is 0 Å². The summed E-state index contributed by atoms with van der Waals surface area (Å²) < 4.78 is 16.7. The van der Waals surface area contributed by atoms with Crippen LogP contribution in [0.5, 0.6) is 0 Å². The van der Waals surface area contributed by atoms with Crippen molar-refractivity contribution in [3.05, 3.63) is 72.9 Å². The van der Waals surface area contributed by atoms with Gasteiger partial charge in [0.2, 0.25) is 0 Å².